The molecule has 0 aromatic heterocycles. The Bertz CT molecular complexity index is 826. The normalized spacial score (nSPS) is 16.9. The largest absolute Gasteiger partial charge is 0.507 e. The van der Waals surface area contributed by atoms with Crippen LogP contribution in [0.1, 0.15) is 41.3 Å². The van der Waals surface area contributed by atoms with Crippen LogP contribution in [-0.4, -0.2) is 42.2 Å². The van der Waals surface area contributed by atoms with E-state index in [0.29, 0.717) is 23.6 Å². The van der Waals surface area contributed by atoms with Crippen molar-refractivity contribution in [3.05, 3.63) is 58.1 Å². The topological polar surface area (TPSA) is 61.8 Å². The maximum absolute atomic E-state index is 12.9. The Hall–Kier alpha value is -2.24. The molecule has 0 spiro atoms. The average Bonchev–Trinajstić information content (AvgIpc) is 3.14. The number of carbonyl (C=O) groups excluding carboxylic acids is 1. The number of aryl methyl sites for hydroxylation is 1. The first-order valence-corrected chi connectivity index (χ1v) is 10.1. The number of hydrogen-bond donors (Lipinski definition) is 2. The van der Waals surface area contributed by atoms with Crippen LogP contribution in [0.4, 0.5) is 0 Å². The highest BCUT2D eigenvalue weighted by molar-refractivity contribution is 6.33. The maximum atomic E-state index is 12.9. The molecule has 0 saturated carbocycles. The van der Waals surface area contributed by atoms with Gasteiger partial charge in [-0.1, -0.05) is 48.9 Å². The van der Waals surface area contributed by atoms with E-state index >= 15 is 0 Å². The molecule has 3 rings (SSSR count). The van der Waals surface area contributed by atoms with Gasteiger partial charge in [0.15, 0.2) is 5.75 Å². The van der Waals surface area contributed by atoms with Gasteiger partial charge in [0.1, 0.15) is 11.3 Å². The molecule has 0 unspecified atom stereocenters. The molecule has 2 aromatic rings. The number of hydrogen-bond acceptors (Lipinski definition) is 4. The summed E-state index contributed by atoms with van der Waals surface area (Å²) in [5.74, 6) is -0.214. The number of rotatable bonds is 7. The lowest BCUT2D eigenvalue weighted by molar-refractivity contribution is 0.0933. The van der Waals surface area contributed by atoms with Crippen LogP contribution in [-0.2, 0) is 13.0 Å². The quantitative estimate of drug-likeness (QED) is 0.734. The highest BCUT2D eigenvalue weighted by Crippen LogP contribution is 2.38. The number of phenolic OH excluding ortho intramolecular Hbond substituents is 1. The van der Waals surface area contributed by atoms with Crippen LogP contribution in [0.15, 0.2) is 36.4 Å². The fraction of sp³-hybridized carbons (Fsp3) is 0.409. The summed E-state index contributed by atoms with van der Waals surface area (Å²) < 4.78 is 5.29. The molecule has 1 saturated heterocycles. The number of methoxy groups -OCH3 is 1. The van der Waals surface area contributed by atoms with Gasteiger partial charge in [-0.05, 0) is 43.0 Å². The van der Waals surface area contributed by atoms with Gasteiger partial charge in [-0.3, -0.25) is 9.69 Å². The van der Waals surface area contributed by atoms with Gasteiger partial charge in [0.05, 0.1) is 12.1 Å². The summed E-state index contributed by atoms with van der Waals surface area (Å²) in [5.41, 5.74) is 2.00. The monoisotopic (exact) mass is 402 g/mol. The number of benzene rings is 2. The number of ether oxygens (including phenoxy) is 1. The predicted octanol–water partition coefficient (Wildman–Crippen LogP) is 4.01. The Labute approximate surface area is 171 Å². The minimum atomic E-state index is -0.363. The zero-order valence-corrected chi connectivity index (χ0v) is 17.1. The molecule has 1 amide bonds. The number of amides is 1. The third kappa shape index (κ3) is 4.42. The van der Waals surface area contributed by atoms with Crippen LogP contribution in [0.3, 0.4) is 0 Å². The zero-order chi connectivity index (χ0) is 20.1. The molecule has 150 valence electrons. The van der Waals surface area contributed by atoms with Gasteiger partial charge in [0.25, 0.3) is 5.91 Å². The van der Waals surface area contributed by atoms with Gasteiger partial charge in [-0.25, -0.2) is 0 Å². The number of nitrogens with zero attached hydrogens (tertiary/aromatic N) is 1. The first-order chi connectivity index (χ1) is 13.5. The Kier molecular flexibility index (Phi) is 6.81. The van der Waals surface area contributed by atoms with E-state index in [4.69, 9.17) is 16.3 Å². The number of aromatic hydroxyl groups is 1. The van der Waals surface area contributed by atoms with Crippen LogP contribution < -0.4 is 10.1 Å². The Morgan fingerprint density at radius 3 is 2.79 bits per heavy atom. The van der Waals surface area contributed by atoms with Crippen LogP contribution in [0.2, 0.25) is 5.02 Å². The summed E-state index contributed by atoms with van der Waals surface area (Å²) in [6.45, 7) is 4.30. The number of likely N-dealkylation sites (tertiary alicyclic amines) is 1. The fourth-order valence-corrected chi connectivity index (χ4v) is 4.11. The van der Waals surface area contributed by atoms with Gasteiger partial charge >= 0.3 is 0 Å². The highest BCUT2D eigenvalue weighted by atomic mass is 35.5. The molecule has 5 nitrogen and oxygen atoms in total. The van der Waals surface area contributed by atoms with Gasteiger partial charge in [0.2, 0.25) is 0 Å². The van der Waals surface area contributed by atoms with Gasteiger partial charge < -0.3 is 15.2 Å². The third-order valence-corrected chi connectivity index (χ3v) is 5.60. The Morgan fingerprint density at radius 2 is 2.11 bits per heavy atom. The lowest BCUT2D eigenvalue weighted by Crippen LogP contribution is -2.40. The SMILES string of the molecule is CCc1cc(Cl)c(OC)c(C(=O)NC[C@@H]2CCCN2Cc2ccccc2)c1O. The minimum Gasteiger partial charge on any atom is -0.507 e. The van der Waals surface area contributed by atoms with Crippen molar-refractivity contribution in [2.45, 2.75) is 38.8 Å². The number of carbonyl (C=O) groups is 1. The molecular weight excluding hydrogens is 376 g/mol. The van der Waals surface area contributed by atoms with Crippen LogP contribution >= 0.6 is 11.6 Å². The number of phenols is 1. The summed E-state index contributed by atoms with van der Waals surface area (Å²) >= 11 is 6.25. The molecule has 1 heterocycles. The van der Waals surface area contributed by atoms with Gasteiger partial charge in [-0.2, -0.15) is 0 Å². The van der Waals surface area contributed by atoms with E-state index in [2.05, 4.69) is 22.3 Å². The molecule has 1 aliphatic heterocycles. The molecule has 6 heteroatoms. The highest BCUT2D eigenvalue weighted by Gasteiger charge is 2.27. The van der Waals surface area contributed by atoms with Crippen molar-refractivity contribution in [2.75, 3.05) is 20.2 Å². The van der Waals surface area contributed by atoms with Crippen molar-refractivity contribution >= 4 is 17.5 Å². The molecule has 0 aliphatic carbocycles. The van der Waals surface area contributed by atoms with E-state index in [-0.39, 0.29) is 29.0 Å². The Balaban J connectivity index is 1.71. The van der Waals surface area contributed by atoms with E-state index < -0.39 is 0 Å². The lowest BCUT2D eigenvalue weighted by Gasteiger charge is -2.25. The van der Waals surface area contributed by atoms with E-state index in [9.17, 15) is 9.90 Å². The second kappa shape index (κ2) is 9.30. The second-order valence-corrected chi connectivity index (χ2v) is 7.50. The van der Waals surface area contributed by atoms with Crippen molar-refractivity contribution in [1.82, 2.24) is 10.2 Å². The van der Waals surface area contributed by atoms with Crippen LogP contribution in [0, 0.1) is 0 Å². The summed E-state index contributed by atoms with van der Waals surface area (Å²) in [4.78, 5) is 15.3. The van der Waals surface area contributed by atoms with Crippen molar-refractivity contribution in [3.63, 3.8) is 0 Å². The summed E-state index contributed by atoms with van der Waals surface area (Å²) in [6, 6.07) is 12.3. The van der Waals surface area contributed by atoms with Crippen molar-refractivity contribution in [3.8, 4) is 11.5 Å². The molecule has 1 atom stereocenters. The standard InChI is InChI=1S/C22H27ClN2O3/c1-3-16-12-18(23)21(28-2)19(20(16)26)22(27)24-13-17-10-7-11-25(17)14-15-8-5-4-6-9-15/h4-6,8-9,12,17,26H,3,7,10-11,13-14H2,1-2H3,(H,24,27)/t17-/m0/s1. The number of halogens is 1. The van der Waals surface area contributed by atoms with Crippen LogP contribution in [0.5, 0.6) is 11.5 Å². The molecule has 1 aliphatic rings. The molecule has 0 bridgehead atoms. The second-order valence-electron chi connectivity index (χ2n) is 7.09. The van der Waals surface area contributed by atoms with Crippen LogP contribution in [0.25, 0.3) is 0 Å². The molecular formula is C22H27ClN2O3. The predicted molar refractivity (Wildman–Crippen MR) is 111 cm³/mol. The first kappa shape index (κ1) is 20.5. The minimum absolute atomic E-state index is 0.0613. The van der Waals surface area contributed by atoms with E-state index in [1.54, 1.807) is 6.07 Å². The summed E-state index contributed by atoms with van der Waals surface area (Å²) in [6.07, 6.45) is 2.72. The Morgan fingerprint density at radius 1 is 1.36 bits per heavy atom. The van der Waals surface area contributed by atoms with Gasteiger partial charge in [0, 0.05) is 19.1 Å². The van der Waals surface area contributed by atoms with E-state index in [0.717, 1.165) is 25.9 Å². The molecule has 2 N–H and O–H groups in total. The van der Waals surface area contributed by atoms with Crippen molar-refractivity contribution in [1.29, 1.82) is 0 Å². The lowest BCUT2D eigenvalue weighted by atomic mass is 10.0. The number of nitrogens with one attached hydrogen (secondary N) is 1. The average molecular weight is 403 g/mol. The molecule has 0 radical (unpaired) electrons. The maximum Gasteiger partial charge on any atom is 0.258 e. The van der Waals surface area contributed by atoms with E-state index in [1.807, 2.05) is 25.1 Å². The van der Waals surface area contributed by atoms with E-state index in [1.165, 1.54) is 12.7 Å². The first-order valence-electron chi connectivity index (χ1n) is 9.69. The molecule has 2 aromatic carbocycles. The molecule has 28 heavy (non-hydrogen) atoms. The third-order valence-electron chi connectivity index (χ3n) is 5.32. The summed E-state index contributed by atoms with van der Waals surface area (Å²) in [7, 11) is 1.45. The fourth-order valence-electron chi connectivity index (χ4n) is 3.81. The molecule has 1 fully saturated rings. The van der Waals surface area contributed by atoms with Crippen molar-refractivity contribution < 1.29 is 14.6 Å². The van der Waals surface area contributed by atoms with Gasteiger partial charge in [-0.15, -0.1) is 0 Å². The zero-order valence-electron chi connectivity index (χ0n) is 16.4. The summed E-state index contributed by atoms with van der Waals surface area (Å²) in [5, 5.41) is 13.8. The van der Waals surface area contributed by atoms with Crippen molar-refractivity contribution in [2.24, 2.45) is 0 Å². The smallest absolute Gasteiger partial charge is 0.258 e.